The highest BCUT2D eigenvalue weighted by molar-refractivity contribution is 7.91. The van der Waals surface area contributed by atoms with Gasteiger partial charge in [-0.15, -0.1) is 0 Å². The van der Waals surface area contributed by atoms with Gasteiger partial charge in [0, 0.05) is 17.2 Å². The average molecular weight is 284 g/mol. The molecule has 1 aromatic rings. The van der Waals surface area contributed by atoms with Gasteiger partial charge in [-0.3, -0.25) is 0 Å². The summed E-state index contributed by atoms with van der Waals surface area (Å²) in [6.07, 6.45) is 1.47. The van der Waals surface area contributed by atoms with Crippen LogP contribution in [0.25, 0.3) is 0 Å². The van der Waals surface area contributed by atoms with Crippen LogP contribution in [-0.2, 0) is 14.6 Å². The molecule has 0 N–H and O–H groups in total. The smallest absolute Gasteiger partial charge is 0.153 e. The molecule has 18 heavy (non-hydrogen) atoms. The van der Waals surface area contributed by atoms with E-state index in [1.54, 1.807) is 24.3 Å². The predicted molar refractivity (Wildman–Crippen MR) is 66.9 cm³/mol. The van der Waals surface area contributed by atoms with Crippen LogP contribution in [0.1, 0.15) is 11.5 Å². The molecule has 1 aliphatic rings. The van der Waals surface area contributed by atoms with Gasteiger partial charge in [-0.05, 0) is 17.7 Å². The van der Waals surface area contributed by atoms with Crippen molar-refractivity contribution in [3.63, 3.8) is 0 Å². The maximum Gasteiger partial charge on any atom is 0.153 e. The lowest BCUT2D eigenvalue weighted by atomic mass is 10.0. The molecule has 0 radical (unpaired) electrons. The highest BCUT2D eigenvalue weighted by Gasteiger charge is 2.71. The number of aldehydes is 1. The second kappa shape index (κ2) is 4.08. The van der Waals surface area contributed by atoms with Gasteiger partial charge in [0.25, 0.3) is 0 Å². The summed E-state index contributed by atoms with van der Waals surface area (Å²) in [6, 6.07) is 8.42. The van der Waals surface area contributed by atoms with Crippen molar-refractivity contribution in [2.24, 2.45) is 5.41 Å². The Morgan fingerprint density at radius 2 is 2.17 bits per heavy atom. The van der Waals surface area contributed by atoms with Crippen LogP contribution in [0.15, 0.2) is 24.3 Å². The Balaban J connectivity index is 2.52. The van der Waals surface area contributed by atoms with Gasteiger partial charge in [-0.25, -0.2) is 8.42 Å². The van der Waals surface area contributed by atoms with Crippen molar-refractivity contribution in [2.75, 3.05) is 6.26 Å². The van der Waals surface area contributed by atoms with Gasteiger partial charge in [0.05, 0.1) is 11.3 Å². The lowest BCUT2D eigenvalue weighted by molar-refractivity contribution is -0.110. The lowest BCUT2D eigenvalue weighted by Crippen LogP contribution is -2.14. The van der Waals surface area contributed by atoms with E-state index in [2.05, 4.69) is 0 Å². The van der Waals surface area contributed by atoms with Crippen LogP contribution < -0.4 is 0 Å². The molecule has 1 aromatic carbocycles. The number of nitrogens with zero attached hydrogens (tertiary/aromatic N) is 1. The first-order valence-electron chi connectivity index (χ1n) is 5.18. The highest BCUT2D eigenvalue weighted by Crippen LogP contribution is 2.61. The zero-order valence-corrected chi connectivity index (χ0v) is 11.1. The molecule has 0 amide bonds. The molecule has 1 aliphatic carbocycles. The Morgan fingerprint density at radius 1 is 1.50 bits per heavy atom. The molecule has 0 spiro atoms. The van der Waals surface area contributed by atoms with E-state index >= 15 is 0 Å². The molecule has 94 valence electrons. The number of carbonyl (C=O) groups excluding carboxylic acids is 1. The number of sulfone groups is 1. The van der Waals surface area contributed by atoms with Crippen molar-refractivity contribution in [2.45, 2.75) is 11.2 Å². The normalized spacial score (nSPS) is 30.5. The third-order valence-electron chi connectivity index (χ3n) is 3.24. The fraction of sp³-hybridized carbons (Fsp3) is 0.333. The van der Waals surface area contributed by atoms with Crippen molar-refractivity contribution in [3.8, 4) is 6.07 Å². The summed E-state index contributed by atoms with van der Waals surface area (Å²) >= 11 is 5.84. The third kappa shape index (κ3) is 1.82. The Hall–Kier alpha value is -1.38. The minimum atomic E-state index is -3.47. The summed E-state index contributed by atoms with van der Waals surface area (Å²) in [5.74, 6) is -0.631. The fourth-order valence-corrected chi connectivity index (χ4v) is 4.39. The number of halogens is 1. The van der Waals surface area contributed by atoms with E-state index in [-0.39, 0.29) is 0 Å². The maximum absolute atomic E-state index is 11.7. The third-order valence-corrected chi connectivity index (χ3v) is 5.06. The number of nitriles is 1. The molecule has 1 fully saturated rings. The van der Waals surface area contributed by atoms with Crippen molar-refractivity contribution in [1.82, 2.24) is 0 Å². The molecule has 0 unspecified atom stereocenters. The van der Waals surface area contributed by atoms with Crippen LogP contribution in [0.5, 0.6) is 0 Å². The molecule has 0 bridgehead atoms. The van der Waals surface area contributed by atoms with Gasteiger partial charge in [-0.1, -0.05) is 23.7 Å². The van der Waals surface area contributed by atoms with Gasteiger partial charge < -0.3 is 4.79 Å². The quantitative estimate of drug-likeness (QED) is 0.789. The average Bonchev–Trinajstić information content (AvgIpc) is 2.98. The van der Waals surface area contributed by atoms with E-state index in [9.17, 15) is 13.2 Å². The molecule has 2 rings (SSSR count). The Morgan fingerprint density at radius 3 is 2.56 bits per heavy atom. The van der Waals surface area contributed by atoms with Gasteiger partial charge in [0.2, 0.25) is 0 Å². The van der Waals surface area contributed by atoms with E-state index < -0.39 is 26.4 Å². The minimum absolute atomic E-state index is 0.435. The minimum Gasteiger partial charge on any atom is -0.302 e. The maximum atomic E-state index is 11.7. The topological polar surface area (TPSA) is 75.0 Å². The number of benzene rings is 1. The molecule has 1 saturated carbocycles. The summed E-state index contributed by atoms with van der Waals surface area (Å²) in [4.78, 5) is 11.1. The fourth-order valence-electron chi connectivity index (χ4n) is 2.43. The second-order valence-corrected chi connectivity index (χ2v) is 7.05. The Bertz CT molecular complexity index is 650. The summed E-state index contributed by atoms with van der Waals surface area (Å²) < 4.78 is 23.3. The van der Waals surface area contributed by atoms with Crippen LogP contribution in [0.2, 0.25) is 5.02 Å². The Labute approximate surface area is 110 Å². The first-order chi connectivity index (χ1) is 8.36. The van der Waals surface area contributed by atoms with Gasteiger partial charge >= 0.3 is 0 Å². The molecule has 0 heterocycles. The van der Waals surface area contributed by atoms with Crippen LogP contribution in [0.3, 0.4) is 0 Å². The molecule has 0 aliphatic heterocycles. The number of hydrogen-bond acceptors (Lipinski definition) is 4. The first kappa shape index (κ1) is 13.1. The number of carbonyl (C=O) groups is 1. The summed E-state index contributed by atoms with van der Waals surface area (Å²) in [5.41, 5.74) is -0.871. The van der Waals surface area contributed by atoms with Gasteiger partial charge in [0.1, 0.15) is 11.7 Å². The lowest BCUT2D eigenvalue weighted by Gasteiger charge is -2.00. The monoisotopic (exact) mass is 283 g/mol. The molecular weight excluding hydrogens is 274 g/mol. The summed E-state index contributed by atoms with van der Waals surface area (Å²) in [6.45, 7) is 0. The van der Waals surface area contributed by atoms with E-state index in [0.717, 1.165) is 6.26 Å². The van der Waals surface area contributed by atoms with E-state index in [1.807, 2.05) is 6.07 Å². The standard InChI is InChI=1S/C12H10ClNO3S/c1-18(16,17)11-10(12(11,6-14)7-15)8-3-2-4-9(13)5-8/h2-5,7,10-11H,1H3/t10-,11-,12+/m0/s1. The van der Waals surface area contributed by atoms with Crippen molar-refractivity contribution in [1.29, 1.82) is 5.26 Å². The van der Waals surface area contributed by atoms with E-state index in [4.69, 9.17) is 16.9 Å². The summed E-state index contributed by atoms with van der Waals surface area (Å²) in [5, 5.41) is 8.58. The molecule has 0 saturated heterocycles. The van der Waals surface area contributed by atoms with Gasteiger partial charge in [-0.2, -0.15) is 5.26 Å². The number of hydrogen-bond donors (Lipinski definition) is 0. The molecule has 4 nitrogen and oxygen atoms in total. The highest BCUT2D eigenvalue weighted by atomic mass is 35.5. The SMILES string of the molecule is CS(=O)(=O)[C@H]1[C@H](c2cccc(Cl)c2)[C@@]1(C#N)C=O. The molecule has 3 atom stereocenters. The molecule has 6 heteroatoms. The predicted octanol–water partition coefficient (Wildman–Crippen LogP) is 1.56. The van der Waals surface area contributed by atoms with Crippen LogP contribution in [0, 0.1) is 16.7 Å². The van der Waals surface area contributed by atoms with Crippen LogP contribution >= 0.6 is 11.6 Å². The van der Waals surface area contributed by atoms with Gasteiger partial charge in [0.15, 0.2) is 9.84 Å². The zero-order valence-electron chi connectivity index (χ0n) is 9.50. The van der Waals surface area contributed by atoms with E-state index in [0.29, 0.717) is 16.9 Å². The van der Waals surface area contributed by atoms with Crippen molar-refractivity contribution in [3.05, 3.63) is 34.9 Å². The van der Waals surface area contributed by atoms with E-state index in [1.165, 1.54) is 0 Å². The summed E-state index contributed by atoms with van der Waals surface area (Å²) in [7, 11) is -3.47. The molecule has 0 aromatic heterocycles. The largest absolute Gasteiger partial charge is 0.302 e. The van der Waals surface area contributed by atoms with Crippen molar-refractivity contribution < 1.29 is 13.2 Å². The van der Waals surface area contributed by atoms with Crippen molar-refractivity contribution >= 4 is 27.7 Å². The first-order valence-corrected chi connectivity index (χ1v) is 7.52. The Kier molecular flexibility index (Phi) is 2.96. The second-order valence-electron chi connectivity index (χ2n) is 4.45. The van der Waals surface area contributed by atoms with Crippen LogP contribution in [-0.4, -0.2) is 26.2 Å². The zero-order chi connectivity index (χ0) is 13.6. The number of rotatable bonds is 3. The molecular formula is C12H10ClNO3S. The van der Waals surface area contributed by atoms with Crippen LogP contribution in [0.4, 0.5) is 0 Å².